The largest absolute Gasteiger partial charge is 0.368 e. The smallest absolute Gasteiger partial charge is 0.226 e. The lowest BCUT2D eigenvalue weighted by Crippen LogP contribution is -2.20. The van der Waals surface area contributed by atoms with Gasteiger partial charge in [0.05, 0.1) is 6.20 Å². The molecule has 1 aliphatic rings. The maximum atomic E-state index is 12.1. The zero-order valence-electron chi connectivity index (χ0n) is 12.2. The number of imidazole rings is 1. The molecule has 2 aromatic heterocycles. The van der Waals surface area contributed by atoms with Crippen LogP contribution in [-0.2, 0) is 24.3 Å². The van der Waals surface area contributed by atoms with E-state index in [4.69, 9.17) is 0 Å². The molecule has 3 heterocycles. The third-order valence-electron chi connectivity index (χ3n) is 3.65. The normalized spacial score (nSPS) is 13.6. The zero-order valence-corrected chi connectivity index (χ0v) is 12.2. The van der Waals surface area contributed by atoms with Gasteiger partial charge in [-0.25, -0.2) is 9.67 Å². The molecule has 2 N–H and O–H groups in total. The zero-order chi connectivity index (χ0) is 14.7. The highest BCUT2D eigenvalue weighted by Gasteiger charge is 2.16. The molecule has 1 aliphatic heterocycles. The molecule has 0 atom stereocenters. The Kier molecular flexibility index (Phi) is 3.89. The number of fused-ring (bicyclic) bond motifs is 1. The Labute approximate surface area is 123 Å². The summed E-state index contributed by atoms with van der Waals surface area (Å²) in [6.45, 7) is 4.52. The lowest BCUT2D eigenvalue weighted by Gasteiger charge is -2.17. The Morgan fingerprint density at radius 2 is 2.43 bits per heavy atom. The number of amides is 1. The highest BCUT2D eigenvalue weighted by atomic mass is 16.1. The van der Waals surface area contributed by atoms with Crippen LogP contribution >= 0.6 is 0 Å². The lowest BCUT2D eigenvalue weighted by atomic mass is 10.3. The molecule has 0 spiro atoms. The van der Waals surface area contributed by atoms with E-state index in [9.17, 15) is 4.79 Å². The van der Waals surface area contributed by atoms with Crippen molar-refractivity contribution in [3.05, 3.63) is 24.4 Å². The Morgan fingerprint density at radius 1 is 1.52 bits per heavy atom. The number of rotatable bonds is 5. The van der Waals surface area contributed by atoms with Crippen LogP contribution in [-0.4, -0.2) is 31.8 Å². The number of aryl methyl sites for hydroxylation is 3. The summed E-state index contributed by atoms with van der Waals surface area (Å²) in [5.41, 5.74) is 0.765. The van der Waals surface area contributed by atoms with Gasteiger partial charge in [-0.05, 0) is 6.42 Å². The highest BCUT2D eigenvalue weighted by Crippen LogP contribution is 2.24. The molecule has 0 fully saturated rings. The maximum absolute atomic E-state index is 12.1. The van der Waals surface area contributed by atoms with E-state index in [1.54, 1.807) is 12.4 Å². The Hall–Kier alpha value is -2.31. The fourth-order valence-corrected chi connectivity index (χ4v) is 2.56. The minimum absolute atomic E-state index is 0.00562. The van der Waals surface area contributed by atoms with Gasteiger partial charge in [-0.2, -0.15) is 5.10 Å². The van der Waals surface area contributed by atoms with Gasteiger partial charge in [0.1, 0.15) is 17.3 Å². The second-order valence-corrected chi connectivity index (χ2v) is 5.10. The molecule has 7 heteroatoms. The van der Waals surface area contributed by atoms with Crippen LogP contribution in [0.4, 0.5) is 11.5 Å². The standard InChI is InChI=1S/C14H20N6O/c1-2-12-15-6-9-19(12)8-4-13(21)18-11-10-17-20-7-3-5-16-14(11)20/h6,9-10,16H,2-5,7-8H2,1H3,(H,18,21). The number of nitrogens with zero attached hydrogens (tertiary/aromatic N) is 4. The van der Waals surface area contributed by atoms with E-state index >= 15 is 0 Å². The average molecular weight is 288 g/mol. The van der Waals surface area contributed by atoms with Gasteiger partial charge in [-0.3, -0.25) is 4.79 Å². The van der Waals surface area contributed by atoms with E-state index in [-0.39, 0.29) is 5.91 Å². The van der Waals surface area contributed by atoms with Gasteiger partial charge in [-0.15, -0.1) is 0 Å². The van der Waals surface area contributed by atoms with Gasteiger partial charge >= 0.3 is 0 Å². The summed E-state index contributed by atoms with van der Waals surface area (Å²) in [7, 11) is 0. The van der Waals surface area contributed by atoms with E-state index in [1.807, 2.05) is 15.4 Å². The van der Waals surface area contributed by atoms with Crippen molar-refractivity contribution in [3.63, 3.8) is 0 Å². The first-order valence-electron chi connectivity index (χ1n) is 7.37. The average Bonchev–Trinajstić information content (AvgIpc) is 3.12. The Balaban J connectivity index is 1.58. The van der Waals surface area contributed by atoms with Crippen LogP contribution in [0.2, 0.25) is 0 Å². The van der Waals surface area contributed by atoms with Gasteiger partial charge in [0.15, 0.2) is 0 Å². The summed E-state index contributed by atoms with van der Waals surface area (Å²) in [4.78, 5) is 16.3. The minimum Gasteiger partial charge on any atom is -0.368 e. The monoisotopic (exact) mass is 288 g/mol. The SMILES string of the molecule is CCc1nccn1CCC(=O)Nc1cnn2c1NCCC2. The molecule has 0 aromatic carbocycles. The van der Waals surface area contributed by atoms with Crippen molar-refractivity contribution >= 4 is 17.4 Å². The number of aromatic nitrogens is 4. The van der Waals surface area contributed by atoms with Crippen molar-refractivity contribution in [2.75, 3.05) is 17.2 Å². The van der Waals surface area contributed by atoms with E-state index in [0.717, 1.165) is 43.3 Å². The van der Waals surface area contributed by atoms with Gasteiger partial charge in [0, 0.05) is 44.9 Å². The molecular weight excluding hydrogens is 268 g/mol. The van der Waals surface area contributed by atoms with E-state index in [2.05, 4.69) is 27.6 Å². The number of anilines is 2. The predicted molar refractivity (Wildman–Crippen MR) is 80.2 cm³/mol. The third-order valence-corrected chi connectivity index (χ3v) is 3.65. The van der Waals surface area contributed by atoms with Gasteiger partial charge < -0.3 is 15.2 Å². The maximum Gasteiger partial charge on any atom is 0.226 e. The first-order valence-corrected chi connectivity index (χ1v) is 7.37. The number of nitrogens with one attached hydrogen (secondary N) is 2. The van der Waals surface area contributed by atoms with E-state index < -0.39 is 0 Å². The van der Waals surface area contributed by atoms with Gasteiger partial charge in [-0.1, -0.05) is 6.92 Å². The number of hydrogen-bond acceptors (Lipinski definition) is 4. The van der Waals surface area contributed by atoms with Crippen molar-refractivity contribution in [2.24, 2.45) is 0 Å². The second kappa shape index (κ2) is 5.99. The summed E-state index contributed by atoms with van der Waals surface area (Å²) >= 11 is 0. The lowest BCUT2D eigenvalue weighted by molar-refractivity contribution is -0.116. The number of carbonyl (C=O) groups excluding carboxylic acids is 1. The Bertz CT molecular complexity index is 629. The molecule has 0 radical (unpaired) electrons. The van der Waals surface area contributed by atoms with Crippen LogP contribution in [0.5, 0.6) is 0 Å². The summed E-state index contributed by atoms with van der Waals surface area (Å²) in [6, 6.07) is 0. The fraction of sp³-hybridized carbons (Fsp3) is 0.500. The molecule has 7 nitrogen and oxygen atoms in total. The molecule has 0 saturated heterocycles. The molecule has 0 bridgehead atoms. The van der Waals surface area contributed by atoms with E-state index in [1.165, 1.54) is 0 Å². The molecule has 112 valence electrons. The summed E-state index contributed by atoms with van der Waals surface area (Å²) in [6.07, 6.45) is 7.75. The molecule has 21 heavy (non-hydrogen) atoms. The van der Waals surface area contributed by atoms with Crippen molar-refractivity contribution < 1.29 is 4.79 Å². The van der Waals surface area contributed by atoms with Crippen molar-refractivity contribution in [3.8, 4) is 0 Å². The van der Waals surface area contributed by atoms with Crippen LogP contribution in [0, 0.1) is 0 Å². The first kappa shape index (κ1) is 13.7. The van der Waals surface area contributed by atoms with Crippen LogP contribution in [0.3, 0.4) is 0 Å². The van der Waals surface area contributed by atoms with Gasteiger partial charge in [0.25, 0.3) is 0 Å². The molecule has 0 saturated carbocycles. The molecule has 2 aromatic rings. The Morgan fingerprint density at radius 3 is 3.29 bits per heavy atom. The van der Waals surface area contributed by atoms with Crippen LogP contribution in [0.1, 0.15) is 25.6 Å². The molecule has 3 rings (SSSR count). The fourth-order valence-electron chi connectivity index (χ4n) is 2.56. The molecular formula is C14H20N6O. The summed E-state index contributed by atoms with van der Waals surface area (Å²) in [5, 5.41) is 10.5. The topological polar surface area (TPSA) is 76.8 Å². The van der Waals surface area contributed by atoms with Crippen LogP contribution < -0.4 is 10.6 Å². The molecule has 0 aliphatic carbocycles. The van der Waals surface area contributed by atoms with Crippen molar-refractivity contribution in [2.45, 2.75) is 39.3 Å². The number of carbonyl (C=O) groups is 1. The van der Waals surface area contributed by atoms with E-state index in [0.29, 0.717) is 13.0 Å². The van der Waals surface area contributed by atoms with Crippen LogP contribution in [0.25, 0.3) is 0 Å². The summed E-state index contributed by atoms with van der Waals surface area (Å²) in [5.74, 6) is 1.91. The summed E-state index contributed by atoms with van der Waals surface area (Å²) < 4.78 is 3.91. The third kappa shape index (κ3) is 2.91. The minimum atomic E-state index is -0.00562. The quantitative estimate of drug-likeness (QED) is 0.874. The van der Waals surface area contributed by atoms with Crippen LogP contribution in [0.15, 0.2) is 18.6 Å². The van der Waals surface area contributed by atoms with Crippen molar-refractivity contribution in [1.29, 1.82) is 0 Å². The molecule has 0 unspecified atom stereocenters. The van der Waals surface area contributed by atoms with Gasteiger partial charge in [0.2, 0.25) is 5.91 Å². The second-order valence-electron chi connectivity index (χ2n) is 5.10. The number of hydrogen-bond donors (Lipinski definition) is 2. The van der Waals surface area contributed by atoms with Crippen molar-refractivity contribution in [1.82, 2.24) is 19.3 Å². The highest BCUT2D eigenvalue weighted by molar-refractivity contribution is 5.93. The molecule has 1 amide bonds. The first-order chi connectivity index (χ1) is 10.3. The predicted octanol–water partition coefficient (Wildman–Crippen LogP) is 1.49.